The Kier molecular flexibility index (Phi) is 4.27. The molecular formula is C9H15N3O5. The molecule has 0 spiro atoms. The van der Waals surface area contributed by atoms with Crippen molar-refractivity contribution in [3.05, 3.63) is 0 Å². The number of nitrogens with zero attached hydrogens (tertiary/aromatic N) is 1. The Hall–Kier alpha value is -1.83. The predicted molar refractivity (Wildman–Crippen MR) is 56.0 cm³/mol. The summed E-state index contributed by atoms with van der Waals surface area (Å²) in [6.07, 6.45) is 0.952. The van der Waals surface area contributed by atoms with Crippen molar-refractivity contribution in [3.63, 3.8) is 0 Å². The largest absolute Gasteiger partial charge is 0.480 e. The number of amides is 3. The molecule has 1 aliphatic rings. The predicted octanol–water partition coefficient (Wildman–Crippen LogP) is -1.91. The van der Waals surface area contributed by atoms with Gasteiger partial charge in [-0.3, -0.25) is 4.79 Å². The minimum atomic E-state index is -1.19. The van der Waals surface area contributed by atoms with Gasteiger partial charge in [0.25, 0.3) is 0 Å². The highest BCUT2D eigenvalue weighted by molar-refractivity contribution is 5.90. The van der Waals surface area contributed by atoms with E-state index < -0.39 is 36.6 Å². The van der Waals surface area contributed by atoms with Gasteiger partial charge in [-0.25, -0.2) is 9.59 Å². The average molecular weight is 245 g/mol. The van der Waals surface area contributed by atoms with E-state index >= 15 is 0 Å². The minimum Gasteiger partial charge on any atom is -0.480 e. The zero-order valence-electron chi connectivity index (χ0n) is 9.13. The molecule has 8 nitrogen and oxygen atoms in total. The number of likely N-dealkylation sites (tertiary alicyclic amines) is 1. The zero-order chi connectivity index (χ0) is 13.0. The number of primary amides is 1. The zero-order valence-corrected chi connectivity index (χ0v) is 9.13. The lowest BCUT2D eigenvalue weighted by Gasteiger charge is -2.25. The number of urea groups is 1. The monoisotopic (exact) mass is 245 g/mol. The number of rotatable bonds is 4. The topological polar surface area (TPSA) is 133 Å². The smallest absolute Gasteiger partial charge is 0.326 e. The second-order valence-corrected chi connectivity index (χ2v) is 3.77. The number of carboxylic acids is 1. The summed E-state index contributed by atoms with van der Waals surface area (Å²) in [4.78, 5) is 34.5. The molecule has 8 heteroatoms. The lowest BCUT2D eigenvalue weighted by molar-refractivity contribution is -0.149. The molecule has 0 aromatic rings. The fourth-order valence-electron chi connectivity index (χ4n) is 1.84. The number of carbonyl (C=O) groups excluding carboxylic acids is 2. The maximum Gasteiger partial charge on any atom is 0.326 e. The van der Waals surface area contributed by atoms with Crippen molar-refractivity contribution in [2.45, 2.75) is 24.9 Å². The molecule has 96 valence electrons. The summed E-state index contributed by atoms with van der Waals surface area (Å²) in [5, 5.41) is 19.9. The second-order valence-electron chi connectivity index (χ2n) is 3.77. The molecule has 0 saturated carbocycles. The Morgan fingerprint density at radius 2 is 2.12 bits per heavy atom. The normalized spacial score (nSPS) is 21.0. The van der Waals surface area contributed by atoms with Gasteiger partial charge in [0.2, 0.25) is 5.91 Å². The van der Waals surface area contributed by atoms with E-state index in [9.17, 15) is 14.4 Å². The molecule has 5 N–H and O–H groups in total. The van der Waals surface area contributed by atoms with E-state index in [-0.39, 0.29) is 0 Å². The lowest BCUT2D eigenvalue weighted by atomic mass is 10.2. The summed E-state index contributed by atoms with van der Waals surface area (Å²) in [5.74, 6) is -1.72. The molecule has 2 atom stereocenters. The molecule has 17 heavy (non-hydrogen) atoms. The van der Waals surface area contributed by atoms with E-state index in [4.69, 9.17) is 15.9 Å². The Morgan fingerprint density at radius 1 is 1.47 bits per heavy atom. The van der Waals surface area contributed by atoms with Gasteiger partial charge in [-0.2, -0.15) is 0 Å². The van der Waals surface area contributed by atoms with Gasteiger partial charge >= 0.3 is 12.0 Å². The lowest BCUT2D eigenvalue weighted by Crippen LogP contribution is -2.54. The van der Waals surface area contributed by atoms with Crippen molar-refractivity contribution >= 4 is 17.9 Å². The van der Waals surface area contributed by atoms with Gasteiger partial charge in [0.05, 0.1) is 6.61 Å². The first-order chi connectivity index (χ1) is 7.97. The van der Waals surface area contributed by atoms with Crippen molar-refractivity contribution in [2.75, 3.05) is 13.2 Å². The van der Waals surface area contributed by atoms with Crippen LogP contribution in [0.1, 0.15) is 12.8 Å². The number of aliphatic carboxylic acids is 1. The summed E-state index contributed by atoms with van der Waals surface area (Å²) in [6, 6.07) is -3.03. The van der Waals surface area contributed by atoms with Crippen LogP contribution in [0.25, 0.3) is 0 Å². The van der Waals surface area contributed by atoms with Crippen LogP contribution in [0, 0.1) is 0 Å². The van der Waals surface area contributed by atoms with Crippen LogP contribution in [0.3, 0.4) is 0 Å². The molecule has 1 saturated heterocycles. The molecule has 0 bridgehead atoms. The van der Waals surface area contributed by atoms with Gasteiger partial charge < -0.3 is 26.2 Å². The highest BCUT2D eigenvalue weighted by atomic mass is 16.4. The van der Waals surface area contributed by atoms with Crippen molar-refractivity contribution in [1.82, 2.24) is 10.2 Å². The number of nitrogens with one attached hydrogen (secondary N) is 1. The van der Waals surface area contributed by atoms with Gasteiger partial charge in [-0.15, -0.1) is 0 Å². The molecule has 1 rings (SSSR count). The van der Waals surface area contributed by atoms with Crippen LogP contribution < -0.4 is 11.1 Å². The first-order valence-corrected chi connectivity index (χ1v) is 5.17. The standard InChI is InChI=1S/C9H15N3O5/c10-9(17)11-5(4-13)7(14)12-3-1-2-6(12)8(15)16/h5-6,13H,1-4H2,(H,15,16)(H3,10,11,17). The van der Waals surface area contributed by atoms with Gasteiger partial charge in [0.1, 0.15) is 12.1 Å². The number of hydrogen-bond acceptors (Lipinski definition) is 4. The Balaban J connectivity index is 2.73. The van der Waals surface area contributed by atoms with Crippen LogP contribution in [0.5, 0.6) is 0 Å². The summed E-state index contributed by atoms with van der Waals surface area (Å²) in [7, 11) is 0. The first kappa shape index (κ1) is 13.2. The van der Waals surface area contributed by atoms with Crippen molar-refractivity contribution < 1.29 is 24.6 Å². The molecule has 2 unspecified atom stereocenters. The molecule has 0 aromatic heterocycles. The first-order valence-electron chi connectivity index (χ1n) is 5.17. The Morgan fingerprint density at radius 3 is 2.59 bits per heavy atom. The van der Waals surface area contributed by atoms with Crippen LogP contribution in [0.2, 0.25) is 0 Å². The number of aliphatic hydroxyl groups excluding tert-OH is 1. The third kappa shape index (κ3) is 3.06. The summed E-state index contributed by atoms with van der Waals surface area (Å²) in [5.41, 5.74) is 4.85. The van der Waals surface area contributed by atoms with Gasteiger partial charge in [-0.05, 0) is 12.8 Å². The van der Waals surface area contributed by atoms with Crippen molar-refractivity contribution in [3.8, 4) is 0 Å². The van der Waals surface area contributed by atoms with E-state index in [1.807, 2.05) is 0 Å². The fraction of sp³-hybridized carbons (Fsp3) is 0.667. The number of carboxylic acid groups (broad SMARTS) is 1. The maximum absolute atomic E-state index is 11.9. The summed E-state index contributed by atoms with van der Waals surface area (Å²) < 4.78 is 0. The Labute approximate surface area is 97.4 Å². The van der Waals surface area contributed by atoms with E-state index in [2.05, 4.69) is 5.32 Å². The molecule has 0 radical (unpaired) electrons. The van der Waals surface area contributed by atoms with E-state index in [0.29, 0.717) is 19.4 Å². The van der Waals surface area contributed by atoms with Crippen LogP contribution >= 0.6 is 0 Å². The van der Waals surface area contributed by atoms with Crippen LogP contribution in [-0.2, 0) is 9.59 Å². The molecule has 1 heterocycles. The van der Waals surface area contributed by atoms with Crippen LogP contribution in [0.15, 0.2) is 0 Å². The molecule has 1 fully saturated rings. The molecule has 0 aromatic carbocycles. The van der Waals surface area contributed by atoms with Gasteiger partial charge in [0.15, 0.2) is 0 Å². The second kappa shape index (κ2) is 5.48. The SMILES string of the molecule is NC(=O)NC(CO)C(=O)N1CCCC1C(=O)O. The third-order valence-corrected chi connectivity index (χ3v) is 2.62. The molecular weight excluding hydrogens is 230 g/mol. The quantitative estimate of drug-likeness (QED) is 0.458. The number of carbonyl (C=O) groups is 3. The Bertz CT molecular complexity index is 333. The van der Waals surface area contributed by atoms with E-state index in [1.165, 1.54) is 0 Å². The van der Waals surface area contributed by atoms with Crippen LogP contribution in [-0.4, -0.2) is 58.3 Å². The van der Waals surface area contributed by atoms with Crippen molar-refractivity contribution in [1.29, 1.82) is 0 Å². The van der Waals surface area contributed by atoms with E-state index in [1.54, 1.807) is 0 Å². The third-order valence-electron chi connectivity index (χ3n) is 2.62. The number of hydrogen-bond donors (Lipinski definition) is 4. The number of aliphatic hydroxyl groups is 1. The minimum absolute atomic E-state index is 0.298. The van der Waals surface area contributed by atoms with Crippen molar-refractivity contribution in [2.24, 2.45) is 5.73 Å². The van der Waals surface area contributed by atoms with Gasteiger partial charge in [-0.1, -0.05) is 0 Å². The molecule has 1 aliphatic heterocycles. The van der Waals surface area contributed by atoms with Gasteiger partial charge in [0, 0.05) is 6.54 Å². The van der Waals surface area contributed by atoms with Crippen LogP contribution in [0.4, 0.5) is 4.79 Å². The highest BCUT2D eigenvalue weighted by Gasteiger charge is 2.37. The molecule has 0 aliphatic carbocycles. The fourth-order valence-corrected chi connectivity index (χ4v) is 1.84. The summed E-state index contributed by atoms with van der Waals surface area (Å²) in [6.45, 7) is -0.322. The average Bonchev–Trinajstić information content (AvgIpc) is 2.73. The van der Waals surface area contributed by atoms with E-state index in [0.717, 1.165) is 4.90 Å². The maximum atomic E-state index is 11.9. The number of nitrogens with two attached hydrogens (primary N) is 1. The summed E-state index contributed by atoms with van der Waals surface area (Å²) >= 11 is 0. The molecule has 3 amide bonds. The highest BCUT2D eigenvalue weighted by Crippen LogP contribution is 2.18.